The van der Waals surface area contributed by atoms with Gasteiger partial charge in [-0.05, 0) is 54.3 Å². The Morgan fingerprint density at radius 1 is 1.02 bits per heavy atom. The number of hydrogen-bond acceptors (Lipinski definition) is 7. The fraction of sp³-hybridized carbons (Fsp3) is 0.258. The first-order chi connectivity index (χ1) is 19.5. The first-order valence-corrected chi connectivity index (χ1v) is 14.6. The lowest BCUT2D eigenvalue weighted by molar-refractivity contribution is -0.139. The minimum absolute atomic E-state index is 0.355. The van der Waals surface area contributed by atoms with Gasteiger partial charge in [-0.15, -0.1) is 5.10 Å². The van der Waals surface area contributed by atoms with Gasteiger partial charge >= 0.3 is 5.97 Å². The standard InChI is InChI=1S/C31H31ClN4O3S/c1-3-4-18-38-29(37)27-21(2)33-30-34-31(40-20-23-8-6-5-7-9-23)35-36(30)28(27)24-12-16-26(17-13-24)39-19-22-10-14-25(32)15-11-22/h5-17,28H,3-4,18-20H2,1-2H3,(H,33,34,35). The monoisotopic (exact) mass is 574 g/mol. The zero-order valence-corrected chi connectivity index (χ0v) is 24.0. The highest BCUT2D eigenvalue weighted by Gasteiger charge is 2.35. The number of allylic oxidation sites excluding steroid dienone is 1. The first kappa shape index (κ1) is 27.8. The molecule has 2 heterocycles. The number of thioether (sulfide) groups is 1. The van der Waals surface area contributed by atoms with Gasteiger partial charge in [-0.2, -0.15) is 4.98 Å². The minimum Gasteiger partial charge on any atom is -0.489 e. The molecule has 0 saturated carbocycles. The summed E-state index contributed by atoms with van der Waals surface area (Å²) >= 11 is 7.54. The largest absolute Gasteiger partial charge is 0.489 e. The lowest BCUT2D eigenvalue weighted by Gasteiger charge is -2.28. The summed E-state index contributed by atoms with van der Waals surface area (Å²) in [5, 5.41) is 9.41. The SMILES string of the molecule is CCCCOC(=O)C1=C(C)Nc2nc(SCc3ccccc3)nn2C1c1ccc(OCc2ccc(Cl)cc2)cc1. The molecular weight excluding hydrogens is 544 g/mol. The number of carbonyl (C=O) groups excluding carboxylic acids is 1. The Labute approximate surface area is 243 Å². The van der Waals surface area contributed by atoms with Crippen LogP contribution in [0.15, 0.2) is 95.3 Å². The van der Waals surface area contributed by atoms with Gasteiger partial charge in [0.15, 0.2) is 0 Å². The van der Waals surface area contributed by atoms with E-state index in [-0.39, 0.29) is 5.97 Å². The van der Waals surface area contributed by atoms with Gasteiger partial charge in [-0.1, -0.05) is 91.3 Å². The minimum atomic E-state index is -0.491. The second-order valence-electron chi connectivity index (χ2n) is 9.48. The Kier molecular flexibility index (Phi) is 9.08. The number of unbranched alkanes of at least 4 members (excludes halogenated alkanes) is 1. The molecule has 7 nitrogen and oxygen atoms in total. The van der Waals surface area contributed by atoms with Gasteiger partial charge in [0.2, 0.25) is 11.1 Å². The smallest absolute Gasteiger partial charge is 0.338 e. The third kappa shape index (κ3) is 6.69. The van der Waals surface area contributed by atoms with Crippen molar-refractivity contribution in [1.29, 1.82) is 0 Å². The molecule has 1 aliphatic rings. The molecule has 5 rings (SSSR count). The van der Waals surface area contributed by atoms with E-state index in [0.717, 1.165) is 35.5 Å². The summed E-state index contributed by atoms with van der Waals surface area (Å²) in [5.74, 6) is 1.70. The molecule has 0 bridgehead atoms. The molecule has 0 aliphatic carbocycles. The highest BCUT2D eigenvalue weighted by Crippen LogP contribution is 2.37. The molecule has 0 fully saturated rings. The van der Waals surface area contributed by atoms with Crippen LogP contribution >= 0.6 is 23.4 Å². The van der Waals surface area contributed by atoms with Crippen LogP contribution in [0.4, 0.5) is 5.95 Å². The lowest BCUT2D eigenvalue weighted by atomic mass is 9.96. The topological polar surface area (TPSA) is 78.3 Å². The predicted octanol–water partition coefficient (Wildman–Crippen LogP) is 7.44. The van der Waals surface area contributed by atoms with Gasteiger partial charge in [-0.3, -0.25) is 0 Å². The molecule has 1 aromatic heterocycles. The molecule has 1 N–H and O–H groups in total. The molecule has 0 amide bonds. The fourth-order valence-electron chi connectivity index (χ4n) is 4.37. The maximum atomic E-state index is 13.3. The molecule has 40 heavy (non-hydrogen) atoms. The van der Waals surface area contributed by atoms with Crippen molar-refractivity contribution in [1.82, 2.24) is 14.8 Å². The molecule has 9 heteroatoms. The Morgan fingerprint density at radius 3 is 2.50 bits per heavy atom. The lowest BCUT2D eigenvalue weighted by Crippen LogP contribution is -2.29. The maximum absolute atomic E-state index is 13.3. The van der Waals surface area contributed by atoms with Crippen molar-refractivity contribution in [2.45, 2.75) is 50.2 Å². The van der Waals surface area contributed by atoms with Crippen molar-refractivity contribution in [2.24, 2.45) is 0 Å². The van der Waals surface area contributed by atoms with Crippen LogP contribution in [0.3, 0.4) is 0 Å². The van der Waals surface area contributed by atoms with E-state index in [1.165, 1.54) is 5.56 Å². The van der Waals surface area contributed by atoms with Gasteiger partial charge < -0.3 is 14.8 Å². The molecule has 0 saturated heterocycles. The van der Waals surface area contributed by atoms with Crippen molar-refractivity contribution in [3.63, 3.8) is 0 Å². The van der Waals surface area contributed by atoms with Crippen LogP contribution in [0.5, 0.6) is 5.75 Å². The van der Waals surface area contributed by atoms with Gasteiger partial charge in [0.1, 0.15) is 18.4 Å². The van der Waals surface area contributed by atoms with E-state index < -0.39 is 6.04 Å². The summed E-state index contributed by atoms with van der Waals surface area (Å²) in [7, 11) is 0. The van der Waals surface area contributed by atoms with Crippen LogP contribution < -0.4 is 10.1 Å². The van der Waals surface area contributed by atoms with Gasteiger partial charge in [-0.25, -0.2) is 9.48 Å². The van der Waals surface area contributed by atoms with Gasteiger partial charge in [0, 0.05) is 16.5 Å². The highest BCUT2D eigenvalue weighted by molar-refractivity contribution is 7.98. The number of hydrogen-bond donors (Lipinski definition) is 1. The molecule has 1 aliphatic heterocycles. The number of anilines is 1. The van der Waals surface area contributed by atoms with Crippen LogP contribution in [0, 0.1) is 0 Å². The molecule has 4 aromatic rings. The summed E-state index contributed by atoms with van der Waals surface area (Å²) in [6, 6.07) is 25.0. The quantitative estimate of drug-likeness (QED) is 0.113. The Morgan fingerprint density at radius 2 is 1.77 bits per heavy atom. The van der Waals surface area contributed by atoms with E-state index in [1.54, 1.807) is 16.4 Å². The molecule has 3 aromatic carbocycles. The fourth-order valence-corrected chi connectivity index (χ4v) is 5.28. The van der Waals surface area contributed by atoms with Crippen molar-refractivity contribution >= 4 is 35.3 Å². The summed E-state index contributed by atoms with van der Waals surface area (Å²) in [4.78, 5) is 18.1. The zero-order chi connectivity index (χ0) is 27.9. The normalized spacial score (nSPS) is 14.4. The number of esters is 1. The molecule has 1 unspecified atom stereocenters. The van der Waals surface area contributed by atoms with E-state index in [2.05, 4.69) is 24.4 Å². The van der Waals surface area contributed by atoms with E-state index >= 15 is 0 Å². The Balaban J connectivity index is 1.40. The van der Waals surface area contributed by atoms with Crippen molar-refractivity contribution in [3.8, 4) is 5.75 Å². The summed E-state index contributed by atoms with van der Waals surface area (Å²) in [5.41, 5.74) is 4.31. The summed E-state index contributed by atoms with van der Waals surface area (Å²) in [6.07, 6.45) is 1.75. The Bertz CT molecular complexity index is 1470. The van der Waals surface area contributed by atoms with Crippen LogP contribution in [0.2, 0.25) is 5.02 Å². The number of nitrogens with zero attached hydrogens (tertiary/aromatic N) is 3. The highest BCUT2D eigenvalue weighted by atomic mass is 35.5. The van der Waals surface area contributed by atoms with Crippen LogP contribution in [-0.4, -0.2) is 27.3 Å². The number of nitrogens with one attached hydrogen (secondary N) is 1. The first-order valence-electron chi connectivity index (χ1n) is 13.3. The molecule has 0 spiro atoms. The number of carbonyl (C=O) groups is 1. The van der Waals surface area contributed by atoms with E-state index in [9.17, 15) is 4.79 Å². The van der Waals surface area contributed by atoms with E-state index in [0.29, 0.717) is 40.6 Å². The Hall–Kier alpha value is -3.75. The average molecular weight is 575 g/mol. The zero-order valence-electron chi connectivity index (χ0n) is 22.5. The third-order valence-electron chi connectivity index (χ3n) is 6.51. The molecule has 206 valence electrons. The summed E-state index contributed by atoms with van der Waals surface area (Å²) < 4.78 is 13.4. The van der Waals surface area contributed by atoms with Crippen LogP contribution in [0.25, 0.3) is 0 Å². The van der Waals surface area contributed by atoms with E-state index in [4.69, 9.17) is 31.2 Å². The van der Waals surface area contributed by atoms with Gasteiger partial charge in [0.05, 0.1) is 12.2 Å². The van der Waals surface area contributed by atoms with E-state index in [1.807, 2.05) is 73.7 Å². The van der Waals surface area contributed by atoms with Crippen molar-refractivity contribution in [2.75, 3.05) is 11.9 Å². The summed E-state index contributed by atoms with van der Waals surface area (Å²) in [6.45, 7) is 4.74. The van der Waals surface area contributed by atoms with Crippen LogP contribution in [0.1, 0.15) is 49.4 Å². The number of halogens is 1. The third-order valence-corrected chi connectivity index (χ3v) is 7.67. The molecule has 1 atom stereocenters. The average Bonchev–Trinajstić information content (AvgIpc) is 3.38. The molecular formula is C31H31ClN4O3S. The van der Waals surface area contributed by atoms with Crippen LogP contribution in [-0.2, 0) is 21.9 Å². The number of rotatable bonds is 11. The van der Waals surface area contributed by atoms with Crippen molar-refractivity contribution < 1.29 is 14.3 Å². The second kappa shape index (κ2) is 13.1. The molecule has 0 radical (unpaired) electrons. The number of fused-ring (bicyclic) bond motifs is 1. The second-order valence-corrected chi connectivity index (χ2v) is 10.9. The number of aromatic nitrogens is 3. The van der Waals surface area contributed by atoms with Gasteiger partial charge in [0.25, 0.3) is 0 Å². The van der Waals surface area contributed by atoms with Crippen molar-refractivity contribution in [3.05, 3.63) is 112 Å². The number of benzene rings is 3. The maximum Gasteiger partial charge on any atom is 0.338 e. The predicted molar refractivity (Wildman–Crippen MR) is 159 cm³/mol. The number of ether oxygens (including phenoxy) is 2.